The second kappa shape index (κ2) is 8.16. The van der Waals surface area contributed by atoms with Crippen LogP contribution in [0.15, 0.2) is 30.5 Å². The third-order valence-corrected chi connectivity index (χ3v) is 5.73. The van der Waals surface area contributed by atoms with Crippen molar-refractivity contribution in [2.75, 3.05) is 18.4 Å². The number of imidazole rings is 1. The fourth-order valence-corrected chi connectivity index (χ4v) is 4.34. The molecule has 6 nitrogen and oxygen atoms in total. The van der Waals surface area contributed by atoms with Crippen LogP contribution in [0, 0.1) is 6.92 Å². The minimum absolute atomic E-state index is 0. The summed E-state index contributed by atoms with van der Waals surface area (Å²) < 4.78 is 1.94. The molecule has 8 heteroatoms. The van der Waals surface area contributed by atoms with Crippen LogP contribution in [0.5, 0.6) is 0 Å². The van der Waals surface area contributed by atoms with E-state index < -0.39 is 0 Å². The van der Waals surface area contributed by atoms with Gasteiger partial charge >= 0.3 is 0 Å². The SMILES string of the molecule is Cc1nc2ccccc2n1CC(=O)Nc1ncc(C2CCNCC2)s1.Cl. The topological polar surface area (TPSA) is 71.8 Å². The lowest BCUT2D eigenvalue weighted by atomic mass is 9.97. The van der Waals surface area contributed by atoms with E-state index in [4.69, 9.17) is 0 Å². The lowest BCUT2D eigenvalue weighted by Gasteiger charge is -2.20. The van der Waals surface area contributed by atoms with Crippen LogP contribution >= 0.6 is 23.7 Å². The predicted octanol–water partition coefficient (Wildman–Crippen LogP) is 3.33. The molecule has 0 atom stereocenters. The van der Waals surface area contributed by atoms with E-state index in [0.29, 0.717) is 11.0 Å². The van der Waals surface area contributed by atoms with Crippen LogP contribution in [-0.4, -0.2) is 33.5 Å². The number of hydrogen-bond donors (Lipinski definition) is 2. The summed E-state index contributed by atoms with van der Waals surface area (Å²) in [6.45, 7) is 4.27. The molecule has 0 unspecified atom stereocenters. The zero-order chi connectivity index (χ0) is 17.2. The number of aryl methyl sites for hydroxylation is 1. The highest BCUT2D eigenvalue weighted by Gasteiger charge is 2.18. The number of rotatable bonds is 4. The second-order valence-electron chi connectivity index (χ2n) is 6.37. The average Bonchev–Trinajstić information content (AvgIpc) is 3.21. The molecule has 3 heterocycles. The van der Waals surface area contributed by atoms with E-state index in [0.717, 1.165) is 42.8 Å². The molecule has 0 radical (unpaired) electrons. The highest BCUT2D eigenvalue weighted by molar-refractivity contribution is 7.15. The molecule has 26 heavy (non-hydrogen) atoms. The molecule has 1 fully saturated rings. The standard InChI is InChI=1S/C18H21N5OS.ClH/c1-12-21-14-4-2-3-5-15(14)23(12)11-17(24)22-18-20-10-16(25-18)13-6-8-19-9-7-13;/h2-5,10,13,19H,6-9,11H2,1H3,(H,20,22,24);1H. The smallest absolute Gasteiger partial charge is 0.246 e. The molecule has 1 aromatic carbocycles. The number of halogens is 1. The molecular formula is C18H22ClN5OS. The summed E-state index contributed by atoms with van der Waals surface area (Å²) in [6, 6.07) is 7.87. The maximum absolute atomic E-state index is 12.5. The Labute approximate surface area is 162 Å². The molecule has 138 valence electrons. The number of benzene rings is 1. The summed E-state index contributed by atoms with van der Waals surface area (Å²) in [7, 11) is 0. The lowest BCUT2D eigenvalue weighted by Crippen LogP contribution is -2.26. The Kier molecular flexibility index (Phi) is 5.90. The van der Waals surface area contributed by atoms with Crippen molar-refractivity contribution in [1.82, 2.24) is 19.9 Å². The van der Waals surface area contributed by atoms with Gasteiger partial charge in [0, 0.05) is 11.1 Å². The van der Waals surface area contributed by atoms with Crippen molar-refractivity contribution in [3.8, 4) is 0 Å². The molecule has 2 aromatic heterocycles. The lowest BCUT2D eigenvalue weighted by molar-refractivity contribution is -0.116. The Morgan fingerprint density at radius 2 is 2.12 bits per heavy atom. The first-order valence-corrected chi connectivity index (χ1v) is 9.40. The molecule has 2 N–H and O–H groups in total. The van der Waals surface area contributed by atoms with Crippen LogP contribution in [-0.2, 0) is 11.3 Å². The highest BCUT2D eigenvalue weighted by Crippen LogP contribution is 2.31. The fraction of sp³-hybridized carbons (Fsp3) is 0.389. The van der Waals surface area contributed by atoms with E-state index in [2.05, 4.69) is 20.6 Å². The molecule has 1 saturated heterocycles. The van der Waals surface area contributed by atoms with Crippen molar-refractivity contribution in [3.05, 3.63) is 41.2 Å². The van der Waals surface area contributed by atoms with Gasteiger partial charge in [0.25, 0.3) is 0 Å². The zero-order valence-electron chi connectivity index (χ0n) is 14.6. The van der Waals surface area contributed by atoms with Crippen molar-refractivity contribution in [2.24, 2.45) is 0 Å². The molecule has 1 amide bonds. The number of thiazole rings is 1. The van der Waals surface area contributed by atoms with Gasteiger partial charge in [-0.1, -0.05) is 12.1 Å². The predicted molar refractivity (Wildman–Crippen MR) is 107 cm³/mol. The van der Waals surface area contributed by atoms with Crippen molar-refractivity contribution in [3.63, 3.8) is 0 Å². The van der Waals surface area contributed by atoms with Gasteiger partial charge in [0.05, 0.1) is 11.0 Å². The van der Waals surface area contributed by atoms with Crippen LogP contribution in [0.4, 0.5) is 5.13 Å². The Morgan fingerprint density at radius 3 is 2.92 bits per heavy atom. The Balaban J connectivity index is 0.00000196. The second-order valence-corrected chi connectivity index (χ2v) is 7.44. The molecule has 0 aliphatic carbocycles. The number of carbonyl (C=O) groups excluding carboxylic acids is 1. The third-order valence-electron chi connectivity index (χ3n) is 4.66. The molecule has 0 saturated carbocycles. The molecule has 1 aliphatic rings. The van der Waals surface area contributed by atoms with E-state index in [1.165, 1.54) is 4.88 Å². The van der Waals surface area contributed by atoms with Gasteiger partial charge in [0.2, 0.25) is 5.91 Å². The van der Waals surface area contributed by atoms with Gasteiger partial charge in [0.1, 0.15) is 12.4 Å². The minimum Gasteiger partial charge on any atom is -0.319 e. The number of aromatic nitrogens is 3. The summed E-state index contributed by atoms with van der Waals surface area (Å²) in [4.78, 5) is 22.6. The van der Waals surface area contributed by atoms with Crippen molar-refractivity contribution >= 4 is 45.8 Å². The quantitative estimate of drug-likeness (QED) is 0.715. The normalized spacial score (nSPS) is 15.0. The third kappa shape index (κ3) is 3.90. The van der Waals surface area contributed by atoms with Crippen LogP contribution in [0.1, 0.15) is 29.5 Å². The molecule has 0 spiro atoms. The van der Waals surface area contributed by atoms with Crippen LogP contribution in [0.2, 0.25) is 0 Å². The highest BCUT2D eigenvalue weighted by atomic mass is 35.5. The number of hydrogen-bond acceptors (Lipinski definition) is 5. The Morgan fingerprint density at radius 1 is 1.35 bits per heavy atom. The minimum atomic E-state index is -0.0718. The average molecular weight is 392 g/mol. The number of fused-ring (bicyclic) bond motifs is 1. The first-order valence-electron chi connectivity index (χ1n) is 8.59. The number of para-hydroxylation sites is 2. The number of carbonyl (C=O) groups is 1. The van der Waals surface area contributed by atoms with Crippen LogP contribution in [0.3, 0.4) is 0 Å². The summed E-state index contributed by atoms with van der Waals surface area (Å²) in [6.07, 6.45) is 4.18. The fourth-order valence-electron chi connectivity index (χ4n) is 3.34. The van der Waals surface area contributed by atoms with E-state index in [9.17, 15) is 4.79 Å². The zero-order valence-corrected chi connectivity index (χ0v) is 16.2. The van der Waals surface area contributed by atoms with Gasteiger partial charge in [-0.25, -0.2) is 9.97 Å². The van der Waals surface area contributed by atoms with Gasteiger partial charge in [-0.3, -0.25) is 4.79 Å². The maximum atomic E-state index is 12.5. The Bertz CT molecular complexity index is 900. The van der Waals surface area contributed by atoms with Crippen LogP contribution in [0.25, 0.3) is 11.0 Å². The molecule has 0 bridgehead atoms. The molecular weight excluding hydrogens is 370 g/mol. The molecule has 3 aromatic rings. The Hall–Kier alpha value is -1.96. The van der Waals surface area contributed by atoms with E-state index in [1.54, 1.807) is 11.3 Å². The van der Waals surface area contributed by atoms with Crippen molar-refractivity contribution in [1.29, 1.82) is 0 Å². The summed E-state index contributed by atoms with van der Waals surface area (Å²) in [5.74, 6) is 1.33. The van der Waals surface area contributed by atoms with Gasteiger partial charge in [-0.15, -0.1) is 23.7 Å². The summed E-state index contributed by atoms with van der Waals surface area (Å²) in [5, 5.41) is 6.99. The van der Waals surface area contributed by atoms with Crippen molar-refractivity contribution < 1.29 is 4.79 Å². The van der Waals surface area contributed by atoms with Crippen molar-refractivity contribution in [2.45, 2.75) is 32.2 Å². The van der Waals surface area contributed by atoms with Gasteiger partial charge in [-0.05, 0) is 50.9 Å². The number of nitrogens with zero attached hydrogens (tertiary/aromatic N) is 3. The van der Waals surface area contributed by atoms with E-state index in [1.807, 2.05) is 42.0 Å². The van der Waals surface area contributed by atoms with E-state index >= 15 is 0 Å². The summed E-state index contributed by atoms with van der Waals surface area (Å²) in [5.41, 5.74) is 1.89. The first kappa shape index (κ1) is 18.8. The molecule has 4 rings (SSSR count). The van der Waals surface area contributed by atoms with Gasteiger partial charge in [0.15, 0.2) is 5.13 Å². The maximum Gasteiger partial charge on any atom is 0.246 e. The number of piperidine rings is 1. The number of amides is 1. The van der Waals surface area contributed by atoms with Crippen LogP contribution < -0.4 is 10.6 Å². The van der Waals surface area contributed by atoms with Gasteiger partial charge in [-0.2, -0.15) is 0 Å². The first-order chi connectivity index (χ1) is 12.2. The van der Waals surface area contributed by atoms with Gasteiger partial charge < -0.3 is 15.2 Å². The van der Waals surface area contributed by atoms with E-state index in [-0.39, 0.29) is 24.9 Å². The summed E-state index contributed by atoms with van der Waals surface area (Å²) >= 11 is 1.59. The number of nitrogens with one attached hydrogen (secondary N) is 2. The largest absolute Gasteiger partial charge is 0.319 e. The number of anilines is 1. The molecule has 1 aliphatic heterocycles. The monoisotopic (exact) mass is 391 g/mol.